The fourth-order valence-electron chi connectivity index (χ4n) is 3.99. The number of aromatic amines is 1. The first kappa shape index (κ1) is 20.3. The summed E-state index contributed by atoms with van der Waals surface area (Å²) in [5, 5.41) is 27.6. The molecule has 0 saturated carbocycles. The summed E-state index contributed by atoms with van der Waals surface area (Å²) in [7, 11) is 0. The maximum absolute atomic E-state index is 10.0. The van der Waals surface area contributed by atoms with E-state index in [1.807, 2.05) is 18.2 Å². The standard InChI is InChI=1S/C21H24N6O3S/c22-12(10-28)8-14-17(11-29)31-19-18(14)24-20(25-21(19)27-4-6-30-7-5-27)13-2-1-3-16-15(13)9-23-26-16/h1-3,9,12,28-29H,4-8,10-11,22H2,(H,23,26). The lowest BCUT2D eigenvalue weighted by molar-refractivity contribution is 0.122. The molecule has 0 bridgehead atoms. The first-order valence-corrected chi connectivity index (χ1v) is 11.1. The number of hydrogen-bond donors (Lipinski definition) is 4. The summed E-state index contributed by atoms with van der Waals surface area (Å²) in [6, 6.07) is 5.48. The molecule has 1 fully saturated rings. The molecule has 9 nitrogen and oxygen atoms in total. The highest BCUT2D eigenvalue weighted by molar-refractivity contribution is 7.19. The van der Waals surface area contributed by atoms with Gasteiger partial charge in [-0.2, -0.15) is 5.10 Å². The molecule has 4 heterocycles. The zero-order valence-corrected chi connectivity index (χ0v) is 17.7. The van der Waals surface area contributed by atoms with Gasteiger partial charge in [0, 0.05) is 35.0 Å². The predicted octanol–water partition coefficient (Wildman–Crippen LogP) is 1.43. The van der Waals surface area contributed by atoms with Crippen LogP contribution in [0.3, 0.4) is 0 Å². The van der Waals surface area contributed by atoms with E-state index < -0.39 is 6.04 Å². The highest BCUT2D eigenvalue weighted by atomic mass is 32.1. The van der Waals surface area contributed by atoms with Crippen LogP contribution in [0.15, 0.2) is 24.4 Å². The first-order valence-electron chi connectivity index (χ1n) is 10.2. The van der Waals surface area contributed by atoms with Gasteiger partial charge in [0.25, 0.3) is 0 Å². The smallest absolute Gasteiger partial charge is 0.162 e. The van der Waals surface area contributed by atoms with Crippen molar-refractivity contribution >= 4 is 38.3 Å². The molecule has 1 atom stereocenters. The fraction of sp³-hybridized carbons (Fsp3) is 0.381. The van der Waals surface area contributed by atoms with Crippen molar-refractivity contribution in [3.05, 3.63) is 34.8 Å². The maximum Gasteiger partial charge on any atom is 0.162 e. The molecule has 31 heavy (non-hydrogen) atoms. The highest BCUT2D eigenvalue weighted by Crippen LogP contribution is 2.39. The quantitative estimate of drug-likeness (QED) is 0.354. The van der Waals surface area contributed by atoms with Gasteiger partial charge in [-0.05, 0) is 18.1 Å². The molecule has 162 valence electrons. The number of thiophene rings is 1. The van der Waals surface area contributed by atoms with Crippen LogP contribution in [-0.2, 0) is 17.8 Å². The molecule has 1 aliphatic rings. The van der Waals surface area contributed by atoms with Crippen LogP contribution in [0.25, 0.3) is 32.5 Å². The van der Waals surface area contributed by atoms with Crippen LogP contribution >= 0.6 is 11.3 Å². The van der Waals surface area contributed by atoms with Gasteiger partial charge in [0.2, 0.25) is 0 Å². The molecule has 3 aromatic heterocycles. The van der Waals surface area contributed by atoms with Crippen LogP contribution in [0, 0.1) is 0 Å². The van der Waals surface area contributed by atoms with Crippen LogP contribution in [-0.4, -0.2) is 69.3 Å². The number of fused-ring (bicyclic) bond motifs is 2. The number of aliphatic hydroxyl groups is 2. The number of anilines is 1. The molecule has 0 aliphatic carbocycles. The van der Waals surface area contributed by atoms with Gasteiger partial charge in [-0.25, -0.2) is 9.97 Å². The molecular weight excluding hydrogens is 416 g/mol. The molecule has 10 heteroatoms. The van der Waals surface area contributed by atoms with Crippen molar-refractivity contribution in [1.82, 2.24) is 20.2 Å². The Morgan fingerprint density at radius 1 is 1.23 bits per heavy atom. The highest BCUT2D eigenvalue weighted by Gasteiger charge is 2.24. The minimum atomic E-state index is -0.425. The van der Waals surface area contributed by atoms with Gasteiger partial charge < -0.3 is 25.6 Å². The second-order valence-electron chi connectivity index (χ2n) is 7.59. The molecule has 0 radical (unpaired) electrons. The first-order chi connectivity index (χ1) is 15.2. The summed E-state index contributed by atoms with van der Waals surface area (Å²) in [6.45, 7) is 2.50. The number of aliphatic hydroxyl groups excluding tert-OH is 2. The molecule has 1 unspecified atom stereocenters. The predicted molar refractivity (Wildman–Crippen MR) is 120 cm³/mol. The normalized spacial score (nSPS) is 15.8. The van der Waals surface area contributed by atoms with Crippen LogP contribution in [0.1, 0.15) is 10.4 Å². The minimum Gasteiger partial charge on any atom is -0.395 e. The lowest BCUT2D eigenvalue weighted by atomic mass is 10.1. The van der Waals surface area contributed by atoms with E-state index in [1.54, 1.807) is 6.20 Å². The number of benzene rings is 1. The Hall–Kier alpha value is -2.63. The third-order valence-corrected chi connectivity index (χ3v) is 6.78. The average molecular weight is 441 g/mol. The maximum atomic E-state index is 10.0. The van der Waals surface area contributed by atoms with Gasteiger partial charge in [-0.1, -0.05) is 12.1 Å². The Labute approximate surface area is 182 Å². The van der Waals surface area contributed by atoms with Crippen molar-refractivity contribution in [2.45, 2.75) is 19.1 Å². The van der Waals surface area contributed by atoms with E-state index in [0.717, 1.165) is 56.0 Å². The molecule has 1 saturated heterocycles. The van der Waals surface area contributed by atoms with Crippen LogP contribution in [0.4, 0.5) is 5.82 Å². The average Bonchev–Trinajstić information content (AvgIpc) is 3.43. The Bertz CT molecular complexity index is 1220. The number of nitrogens with one attached hydrogen (secondary N) is 1. The lowest BCUT2D eigenvalue weighted by Crippen LogP contribution is -2.37. The van der Waals surface area contributed by atoms with E-state index >= 15 is 0 Å². The van der Waals surface area contributed by atoms with E-state index in [4.69, 9.17) is 20.4 Å². The number of aromatic nitrogens is 4. The summed E-state index contributed by atoms with van der Waals surface area (Å²) in [5.74, 6) is 1.44. The number of hydrogen-bond acceptors (Lipinski definition) is 9. The lowest BCUT2D eigenvalue weighted by Gasteiger charge is -2.28. The summed E-state index contributed by atoms with van der Waals surface area (Å²) in [5.41, 5.74) is 9.52. The van der Waals surface area contributed by atoms with Crippen molar-refractivity contribution in [1.29, 1.82) is 0 Å². The van der Waals surface area contributed by atoms with Crippen molar-refractivity contribution in [2.24, 2.45) is 5.73 Å². The molecule has 0 amide bonds. The Morgan fingerprint density at radius 2 is 2.06 bits per heavy atom. The summed E-state index contributed by atoms with van der Waals surface area (Å²) in [6.07, 6.45) is 2.21. The molecule has 1 aliphatic heterocycles. The zero-order valence-electron chi connectivity index (χ0n) is 16.9. The number of ether oxygens (including phenoxy) is 1. The van der Waals surface area contributed by atoms with Crippen LogP contribution < -0.4 is 10.6 Å². The summed E-state index contributed by atoms with van der Waals surface area (Å²) < 4.78 is 6.46. The Morgan fingerprint density at radius 3 is 2.84 bits per heavy atom. The van der Waals surface area contributed by atoms with Crippen molar-refractivity contribution in [3.63, 3.8) is 0 Å². The van der Waals surface area contributed by atoms with Gasteiger partial charge in [0.1, 0.15) is 0 Å². The van der Waals surface area contributed by atoms with Gasteiger partial charge in [0.05, 0.1) is 48.4 Å². The van der Waals surface area contributed by atoms with E-state index in [9.17, 15) is 10.2 Å². The van der Waals surface area contributed by atoms with Crippen molar-refractivity contribution in [2.75, 3.05) is 37.8 Å². The number of morpholine rings is 1. The van der Waals surface area contributed by atoms with Gasteiger partial charge in [-0.15, -0.1) is 11.3 Å². The monoisotopic (exact) mass is 440 g/mol. The van der Waals surface area contributed by atoms with Crippen LogP contribution in [0.2, 0.25) is 0 Å². The molecule has 5 rings (SSSR count). The molecular formula is C21H24N6O3S. The van der Waals surface area contributed by atoms with Crippen molar-refractivity contribution < 1.29 is 14.9 Å². The third-order valence-electron chi connectivity index (χ3n) is 5.58. The summed E-state index contributed by atoms with van der Waals surface area (Å²) in [4.78, 5) is 12.9. The number of nitrogens with zero attached hydrogens (tertiary/aromatic N) is 4. The van der Waals surface area contributed by atoms with E-state index in [-0.39, 0.29) is 13.2 Å². The van der Waals surface area contributed by atoms with Gasteiger partial charge in [0.15, 0.2) is 11.6 Å². The molecule has 4 aromatic rings. The largest absolute Gasteiger partial charge is 0.395 e. The fourth-order valence-corrected chi connectivity index (χ4v) is 5.14. The molecule has 1 aromatic carbocycles. The van der Waals surface area contributed by atoms with E-state index in [2.05, 4.69) is 15.1 Å². The van der Waals surface area contributed by atoms with Crippen molar-refractivity contribution in [3.8, 4) is 11.4 Å². The van der Waals surface area contributed by atoms with Crippen LogP contribution in [0.5, 0.6) is 0 Å². The number of rotatable bonds is 6. The summed E-state index contributed by atoms with van der Waals surface area (Å²) >= 11 is 1.49. The second-order valence-corrected chi connectivity index (χ2v) is 8.70. The van der Waals surface area contributed by atoms with E-state index in [0.29, 0.717) is 25.5 Å². The minimum absolute atomic E-state index is 0.107. The third kappa shape index (κ3) is 3.66. The van der Waals surface area contributed by atoms with E-state index in [1.165, 1.54) is 11.3 Å². The Balaban J connectivity index is 1.76. The molecule has 0 spiro atoms. The number of H-pyrrole nitrogens is 1. The molecule has 5 N–H and O–H groups in total. The second kappa shape index (κ2) is 8.48. The SMILES string of the molecule is NC(CO)Cc1c(CO)sc2c(N3CCOCC3)nc(-c3cccc4[nH]ncc34)nc12. The van der Waals surface area contributed by atoms with Gasteiger partial charge in [-0.3, -0.25) is 5.10 Å². The Kier molecular flexibility index (Phi) is 5.55. The number of nitrogens with two attached hydrogens (primary N) is 1. The van der Waals surface area contributed by atoms with Gasteiger partial charge >= 0.3 is 0 Å². The topological polar surface area (TPSA) is 133 Å². The zero-order chi connectivity index (χ0) is 21.4.